The summed E-state index contributed by atoms with van der Waals surface area (Å²) in [5.74, 6) is -0.764. The topological polar surface area (TPSA) is 64.0 Å². The number of unbranched alkanes of at least 4 members (excludes halogenated alkanes) is 2. The van der Waals surface area contributed by atoms with Gasteiger partial charge in [0.1, 0.15) is 11.5 Å². The van der Waals surface area contributed by atoms with Crippen molar-refractivity contribution in [3.63, 3.8) is 0 Å². The molecule has 0 aliphatic carbocycles. The van der Waals surface area contributed by atoms with Crippen molar-refractivity contribution in [3.8, 4) is 5.69 Å². The van der Waals surface area contributed by atoms with Crippen LogP contribution in [0.15, 0.2) is 71.5 Å². The summed E-state index contributed by atoms with van der Waals surface area (Å²) in [7, 11) is 0. The number of nitrogens with zero attached hydrogens (tertiary/aromatic N) is 2. The molecule has 1 amide bonds. The monoisotopic (exact) mass is 393 g/mol. The Morgan fingerprint density at radius 3 is 2.45 bits per heavy atom. The fraction of sp³-hybridized carbons (Fsp3) is 0.261. The van der Waals surface area contributed by atoms with Crippen molar-refractivity contribution in [1.29, 1.82) is 0 Å². The molecule has 1 atom stereocenters. The maximum Gasteiger partial charge on any atom is 0.272 e. The summed E-state index contributed by atoms with van der Waals surface area (Å²) in [4.78, 5) is 25.0. The van der Waals surface area contributed by atoms with Crippen molar-refractivity contribution in [3.05, 3.63) is 94.2 Å². The summed E-state index contributed by atoms with van der Waals surface area (Å²) in [5.41, 5.74) is 1.17. The Labute approximate surface area is 169 Å². The van der Waals surface area contributed by atoms with E-state index in [1.54, 1.807) is 0 Å². The van der Waals surface area contributed by atoms with E-state index in [0.29, 0.717) is 5.69 Å². The zero-order valence-corrected chi connectivity index (χ0v) is 16.3. The minimum Gasteiger partial charge on any atom is -0.344 e. The number of halogens is 1. The molecule has 1 aromatic heterocycles. The van der Waals surface area contributed by atoms with Gasteiger partial charge in [0.05, 0.1) is 11.7 Å². The highest BCUT2D eigenvalue weighted by Gasteiger charge is 2.17. The molecule has 5 nitrogen and oxygen atoms in total. The molecule has 0 aliphatic rings. The van der Waals surface area contributed by atoms with Crippen molar-refractivity contribution in [1.82, 2.24) is 15.1 Å². The molecule has 0 radical (unpaired) electrons. The van der Waals surface area contributed by atoms with E-state index in [1.807, 2.05) is 30.3 Å². The van der Waals surface area contributed by atoms with Crippen LogP contribution in [-0.2, 0) is 0 Å². The van der Waals surface area contributed by atoms with Crippen LogP contribution < -0.4 is 10.9 Å². The van der Waals surface area contributed by atoms with Crippen LogP contribution in [0.2, 0.25) is 0 Å². The average Bonchev–Trinajstić information content (AvgIpc) is 2.75. The molecule has 1 unspecified atom stereocenters. The summed E-state index contributed by atoms with van der Waals surface area (Å²) < 4.78 is 14.3. The van der Waals surface area contributed by atoms with Crippen molar-refractivity contribution >= 4 is 5.91 Å². The molecule has 0 saturated carbocycles. The molecule has 6 heteroatoms. The second-order valence-electron chi connectivity index (χ2n) is 6.88. The van der Waals surface area contributed by atoms with E-state index in [1.165, 1.54) is 36.4 Å². The fourth-order valence-corrected chi connectivity index (χ4v) is 3.14. The van der Waals surface area contributed by atoms with Gasteiger partial charge in [-0.25, -0.2) is 4.39 Å². The maximum atomic E-state index is 13.2. The van der Waals surface area contributed by atoms with E-state index in [4.69, 9.17) is 0 Å². The van der Waals surface area contributed by atoms with E-state index >= 15 is 0 Å². The lowest BCUT2D eigenvalue weighted by Gasteiger charge is -2.19. The predicted octanol–water partition coefficient (Wildman–Crippen LogP) is 4.42. The van der Waals surface area contributed by atoms with Gasteiger partial charge in [-0.05, 0) is 42.3 Å². The van der Waals surface area contributed by atoms with Gasteiger partial charge in [0.15, 0.2) is 0 Å². The van der Waals surface area contributed by atoms with Gasteiger partial charge < -0.3 is 5.32 Å². The zero-order valence-electron chi connectivity index (χ0n) is 16.3. The van der Waals surface area contributed by atoms with Crippen LogP contribution in [0.1, 0.15) is 54.7 Å². The molecule has 1 N–H and O–H groups in total. The third-order valence-electron chi connectivity index (χ3n) is 4.71. The normalized spacial score (nSPS) is 11.8. The summed E-state index contributed by atoms with van der Waals surface area (Å²) >= 11 is 0. The molecule has 2 aromatic carbocycles. The van der Waals surface area contributed by atoms with Crippen molar-refractivity contribution in [2.24, 2.45) is 0 Å². The molecular formula is C23H24FN3O2. The van der Waals surface area contributed by atoms with Crippen LogP contribution >= 0.6 is 0 Å². The number of hydrogen-bond acceptors (Lipinski definition) is 3. The van der Waals surface area contributed by atoms with Gasteiger partial charge in [-0.3, -0.25) is 9.59 Å². The number of rotatable bonds is 8. The largest absolute Gasteiger partial charge is 0.344 e. The van der Waals surface area contributed by atoms with Gasteiger partial charge in [0.2, 0.25) is 0 Å². The molecule has 1 heterocycles. The highest BCUT2D eigenvalue weighted by atomic mass is 19.1. The summed E-state index contributed by atoms with van der Waals surface area (Å²) in [6.07, 6.45) is 4.01. The number of aromatic nitrogens is 2. The first kappa shape index (κ1) is 20.5. The Hall–Kier alpha value is -3.28. The van der Waals surface area contributed by atoms with Crippen LogP contribution in [0, 0.1) is 5.82 Å². The standard InChI is InChI=1S/C23H24FN3O2/c1-2-3-5-10-20(17-8-6-4-7-9-17)25-23(29)21-15-16-22(28)27(26-21)19-13-11-18(24)12-14-19/h4,6-9,11-16,20H,2-3,5,10H2,1H3,(H,25,29). The first-order valence-corrected chi connectivity index (χ1v) is 9.80. The Kier molecular flexibility index (Phi) is 6.89. The van der Waals surface area contributed by atoms with E-state index in [-0.39, 0.29) is 17.6 Å². The third kappa shape index (κ3) is 5.38. The predicted molar refractivity (Wildman–Crippen MR) is 111 cm³/mol. The van der Waals surface area contributed by atoms with Gasteiger partial charge in [-0.15, -0.1) is 0 Å². The van der Waals surface area contributed by atoms with E-state index in [0.717, 1.165) is 35.9 Å². The van der Waals surface area contributed by atoms with E-state index < -0.39 is 11.4 Å². The molecule has 0 aliphatic heterocycles. The van der Waals surface area contributed by atoms with Gasteiger partial charge in [0.25, 0.3) is 11.5 Å². The van der Waals surface area contributed by atoms with Crippen molar-refractivity contribution in [2.45, 2.75) is 38.6 Å². The molecule has 150 valence electrons. The van der Waals surface area contributed by atoms with E-state index in [2.05, 4.69) is 17.3 Å². The lowest BCUT2D eigenvalue weighted by molar-refractivity contribution is 0.0927. The van der Waals surface area contributed by atoms with Crippen LogP contribution in [-0.4, -0.2) is 15.7 Å². The smallest absolute Gasteiger partial charge is 0.272 e. The number of amides is 1. The number of carbonyl (C=O) groups is 1. The number of benzene rings is 2. The van der Waals surface area contributed by atoms with Crippen molar-refractivity contribution < 1.29 is 9.18 Å². The van der Waals surface area contributed by atoms with Crippen LogP contribution in [0.4, 0.5) is 4.39 Å². The minimum atomic E-state index is -0.409. The highest BCUT2D eigenvalue weighted by Crippen LogP contribution is 2.20. The van der Waals surface area contributed by atoms with E-state index in [9.17, 15) is 14.0 Å². The lowest BCUT2D eigenvalue weighted by atomic mass is 10.0. The Morgan fingerprint density at radius 2 is 1.76 bits per heavy atom. The Bertz CT molecular complexity index is 1000. The first-order chi connectivity index (χ1) is 14.1. The molecule has 0 fully saturated rings. The molecule has 3 aromatic rings. The molecular weight excluding hydrogens is 369 g/mol. The molecule has 0 saturated heterocycles. The van der Waals surface area contributed by atoms with Crippen LogP contribution in [0.5, 0.6) is 0 Å². The third-order valence-corrected chi connectivity index (χ3v) is 4.71. The first-order valence-electron chi connectivity index (χ1n) is 9.80. The van der Waals surface area contributed by atoms with Gasteiger partial charge in [0, 0.05) is 6.07 Å². The van der Waals surface area contributed by atoms with Gasteiger partial charge in [-0.2, -0.15) is 9.78 Å². The molecule has 0 spiro atoms. The number of nitrogens with one attached hydrogen (secondary N) is 1. The van der Waals surface area contributed by atoms with Crippen molar-refractivity contribution in [2.75, 3.05) is 0 Å². The maximum absolute atomic E-state index is 13.2. The second kappa shape index (κ2) is 9.78. The Morgan fingerprint density at radius 1 is 1.03 bits per heavy atom. The number of hydrogen-bond donors (Lipinski definition) is 1. The molecule has 0 bridgehead atoms. The van der Waals surface area contributed by atoms with Gasteiger partial charge >= 0.3 is 0 Å². The van der Waals surface area contributed by atoms with Gasteiger partial charge in [-0.1, -0.05) is 56.5 Å². The lowest BCUT2D eigenvalue weighted by Crippen LogP contribution is -2.31. The Balaban J connectivity index is 1.83. The second-order valence-corrected chi connectivity index (χ2v) is 6.88. The molecule has 29 heavy (non-hydrogen) atoms. The summed E-state index contributed by atoms with van der Waals surface area (Å²) in [5, 5.41) is 7.22. The highest BCUT2D eigenvalue weighted by molar-refractivity contribution is 5.92. The zero-order chi connectivity index (χ0) is 20.6. The fourth-order valence-electron chi connectivity index (χ4n) is 3.14. The SMILES string of the molecule is CCCCCC(NC(=O)c1ccc(=O)n(-c2ccc(F)cc2)n1)c1ccccc1. The average molecular weight is 393 g/mol. The van der Waals surface area contributed by atoms with Crippen LogP contribution in [0.3, 0.4) is 0 Å². The number of carbonyl (C=O) groups excluding carboxylic acids is 1. The summed E-state index contributed by atoms with van der Waals surface area (Å²) in [6, 6.07) is 17.8. The quantitative estimate of drug-likeness (QED) is 0.576. The molecule has 3 rings (SSSR count). The van der Waals surface area contributed by atoms with Crippen LogP contribution in [0.25, 0.3) is 5.69 Å². The summed E-state index contributed by atoms with van der Waals surface area (Å²) in [6.45, 7) is 2.14. The minimum absolute atomic E-state index is 0.130.